The highest BCUT2D eigenvalue weighted by Gasteiger charge is 2.34. The lowest BCUT2D eigenvalue weighted by Crippen LogP contribution is -2.53. The average Bonchev–Trinajstić information content (AvgIpc) is 3.47. The molecule has 2 amide bonds. The van der Waals surface area contributed by atoms with Crippen molar-refractivity contribution in [3.8, 4) is 0 Å². The first-order chi connectivity index (χ1) is 19.2. The van der Waals surface area contributed by atoms with Crippen molar-refractivity contribution in [3.05, 3.63) is 94.5 Å². The van der Waals surface area contributed by atoms with Crippen LogP contribution in [0.4, 0.5) is 5.69 Å². The van der Waals surface area contributed by atoms with E-state index in [4.69, 9.17) is 23.2 Å². The number of nitrogens with zero attached hydrogens (tertiary/aromatic N) is 2. The third-order valence-corrected chi connectivity index (χ3v) is 9.61. The standard InChI is InChI=1S/C30H33Cl2N3O4S/c1-2-28(30(37)33-23-11-9-10-12-23)34(20-22-17-18-26(31)27(32)19-22)29(36)21-35(24-13-5-3-6-14-24)40(38,39)25-15-7-4-8-16-25/h3-8,13-19,23,28H,2,9-12,20-21H2,1H3,(H,33,37)/t28-/m0/s1. The SMILES string of the molecule is CC[C@@H](C(=O)NC1CCCC1)N(Cc1ccc(Cl)c(Cl)c1)C(=O)CN(c1ccccc1)S(=O)(=O)c1ccccc1. The first kappa shape index (κ1) is 29.9. The van der Waals surface area contributed by atoms with Gasteiger partial charge < -0.3 is 10.2 Å². The Morgan fingerprint density at radius 2 is 1.55 bits per heavy atom. The predicted molar refractivity (Wildman–Crippen MR) is 159 cm³/mol. The summed E-state index contributed by atoms with van der Waals surface area (Å²) in [6.45, 7) is 1.40. The van der Waals surface area contributed by atoms with Gasteiger partial charge in [0.2, 0.25) is 11.8 Å². The Morgan fingerprint density at radius 1 is 0.925 bits per heavy atom. The summed E-state index contributed by atoms with van der Waals surface area (Å²) < 4.78 is 28.6. The normalized spacial score (nSPS) is 14.5. The number of para-hydroxylation sites is 1. The largest absolute Gasteiger partial charge is 0.352 e. The molecule has 4 rings (SSSR count). The van der Waals surface area contributed by atoms with Gasteiger partial charge in [-0.25, -0.2) is 8.42 Å². The molecule has 0 unspecified atom stereocenters. The van der Waals surface area contributed by atoms with E-state index in [0.717, 1.165) is 30.0 Å². The number of sulfonamides is 1. The number of amides is 2. The summed E-state index contributed by atoms with van der Waals surface area (Å²) in [7, 11) is -4.09. The fourth-order valence-electron chi connectivity index (χ4n) is 4.96. The number of hydrogen-bond donors (Lipinski definition) is 1. The van der Waals surface area contributed by atoms with E-state index in [-0.39, 0.29) is 23.4 Å². The molecule has 212 valence electrons. The Balaban J connectivity index is 1.70. The molecular weight excluding hydrogens is 569 g/mol. The summed E-state index contributed by atoms with van der Waals surface area (Å²) >= 11 is 12.4. The van der Waals surface area contributed by atoms with Crippen LogP contribution in [0.15, 0.2) is 83.8 Å². The van der Waals surface area contributed by atoms with Crippen LogP contribution in [0.1, 0.15) is 44.6 Å². The lowest BCUT2D eigenvalue weighted by atomic mass is 10.1. The van der Waals surface area contributed by atoms with Crippen LogP contribution in [0.3, 0.4) is 0 Å². The second-order valence-corrected chi connectivity index (χ2v) is 12.5. The number of carbonyl (C=O) groups is 2. The highest BCUT2D eigenvalue weighted by molar-refractivity contribution is 7.92. The van der Waals surface area contributed by atoms with Gasteiger partial charge in [0.15, 0.2) is 0 Å². The van der Waals surface area contributed by atoms with Crippen molar-refractivity contribution in [2.24, 2.45) is 0 Å². The molecule has 3 aromatic rings. The summed E-state index contributed by atoms with van der Waals surface area (Å²) in [6.07, 6.45) is 4.26. The molecule has 1 aliphatic carbocycles. The van der Waals surface area contributed by atoms with Gasteiger partial charge >= 0.3 is 0 Å². The highest BCUT2D eigenvalue weighted by atomic mass is 35.5. The fourth-order valence-corrected chi connectivity index (χ4v) is 6.72. The first-order valence-electron chi connectivity index (χ1n) is 13.4. The lowest BCUT2D eigenvalue weighted by Gasteiger charge is -2.33. The molecule has 1 aliphatic rings. The van der Waals surface area contributed by atoms with Gasteiger partial charge in [-0.1, -0.05) is 85.4 Å². The number of hydrogen-bond acceptors (Lipinski definition) is 4. The van der Waals surface area contributed by atoms with Gasteiger partial charge in [0.25, 0.3) is 10.0 Å². The van der Waals surface area contributed by atoms with E-state index >= 15 is 0 Å². The second-order valence-electron chi connectivity index (χ2n) is 9.84. The van der Waals surface area contributed by atoms with Crippen LogP contribution >= 0.6 is 23.2 Å². The third kappa shape index (κ3) is 7.16. The molecule has 0 aliphatic heterocycles. The second kappa shape index (κ2) is 13.5. The lowest BCUT2D eigenvalue weighted by molar-refractivity contribution is -0.140. The first-order valence-corrected chi connectivity index (χ1v) is 15.6. The van der Waals surface area contributed by atoms with Gasteiger partial charge in [-0.15, -0.1) is 0 Å². The molecule has 1 fully saturated rings. The fraction of sp³-hybridized carbons (Fsp3) is 0.333. The van der Waals surface area contributed by atoms with Crippen molar-refractivity contribution in [1.82, 2.24) is 10.2 Å². The Kier molecular flexibility index (Phi) is 10.1. The maximum Gasteiger partial charge on any atom is 0.264 e. The molecule has 1 atom stereocenters. The Bertz CT molecular complexity index is 1420. The zero-order valence-corrected chi connectivity index (χ0v) is 24.6. The maximum absolute atomic E-state index is 14.1. The van der Waals surface area contributed by atoms with E-state index in [0.29, 0.717) is 27.7 Å². The van der Waals surface area contributed by atoms with Crippen molar-refractivity contribution < 1.29 is 18.0 Å². The zero-order valence-electron chi connectivity index (χ0n) is 22.3. The maximum atomic E-state index is 14.1. The van der Waals surface area contributed by atoms with Crippen molar-refractivity contribution in [3.63, 3.8) is 0 Å². The topological polar surface area (TPSA) is 86.8 Å². The minimum absolute atomic E-state index is 0.0559. The van der Waals surface area contributed by atoms with Crippen LogP contribution in [-0.4, -0.2) is 43.8 Å². The highest BCUT2D eigenvalue weighted by Crippen LogP contribution is 2.27. The number of benzene rings is 3. The van der Waals surface area contributed by atoms with E-state index in [1.807, 2.05) is 6.92 Å². The van der Waals surface area contributed by atoms with Crippen LogP contribution in [0.5, 0.6) is 0 Å². The van der Waals surface area contributed by atoms with Gasteiger partial charge in [0.1, 0.15) is 12.6 Å². The van der Waals surface area contributed by atoms with Gasteiger partial charge in [0.05, 0.1) is 20.6 Å². The Hall–Kier alpha value is -3.07. The minimum Gasteiger partial charge on any atom is -0.352 e. The molecule has 0 aromatic heterocycles. The quantitative estimate of drug-likeness (QED) is 0.289. The van der Waals surface area contributed by atoms with E-state index < -0.39 is 28.5 Å². The van der Waals surface area contributed by atoms with E-state index in [1.165, 1.54) is 17.0 Å². The molecule has 10 heteroatoms. The van der Waals surface area contributed by atoms with Crippen LogP contribution in [0, 0.1) is 0 Å². The van der Waals surface area contributed by atoms with Crippen molar-refractivity contribution in [2.75, 3.05) is 10.8 Å². The molecule has 0 spiro atoms. The molecule has 40 heavy (non-hydrogen) atoms. The molecule has 0 heterocycles. The van der Waals surface area contributed by atoms with Gasteiger partial charge in [0, 0.05) is 12.6 Å². The minimum atomic E-state index is -4.09. The van der Waals surface area contributed by atoms with E-state index in [9.17, 15) is 18.0 Å². The molecule has 0 radical (unpaired) electrons. The number of nitrogens with one attached hydrogen (secondary N) is 1. The van der Waals surface area contributed by atoms with Gasteiger partial charge in [-0.3, -0.25) is 13.9 Å². The molecule has 1 saturated carbocycles. The monoisotopic (exact) mass is 601 g/mol. The van der Waals surface area contributed by atoms with Crippen LogP contribution in [0.25, 0.3) is 0 Å². The summed E-state index contributed by atoms with van der Waals surface area (Å²) in [6, 6.07) is 20.8. The molecular formula is C30H33Cl2N3O4S. The van der Waals surface area contributed by atoms with Crippen molar-refractivity contribution >= 4 is 50.7 Å². The third-order valence-electron chi connectivity index (χ3n) is 7.08. The summed E-state index contributed by atoms with van der Waals surface area (Å²) in [5.41, 5.74) is 1.02. The molecule has 3 aromatic carbocycles. The number of rotatable bonds is 11. The van der Waals surface area contributed by atoms with E-state index in [2.05, 4.69) is 5.32 Å². The number of carbonyl (C=O) groups excluding carboxylic acids is 2. The molecule has 7 nitrogen and oxygen atoms in total. The predicted octanol–water partition coefficient (Wildman–Crippen LogP) is 6.05. The zero-order chi connectivity index (χ0) is 28.7. The number of halogens is 2. The average molecular weight is 603 g/mol. The smallest absolute Gasteiger partial charge is 0.264 e. The van der Waals surface area contributed by atoms with Gasteiger partial charge in [-0.2, -0.15) is 0 Å². The van der Waals surface area contributed by atoms with Crippen LogP contribution in [-0.2, 0) is 26.2 Å². The summed E-state index contributed by atoms with van der Waals surface area (Å²) in [5.74, 6) is -0.761. The van der Waals surface area contributed by atoms with Crippen molar-refractivity contribution in [2.45, 2.75) is 62.6 Å². The van der Waals surface area contributed by atoms with Crippen molar-refractivity contribution in [1.29, 1.82) is 0 Å². The van der Waals surface area contributed by atoms with Crippen LogP contribution in [0.2, 0.25) is 10.0 Å². The summed E-state index contributed by atoms with van der Waals surface area (Å²) in [5, 5.41) is 3.80. The molecule has 0 bridgehead atoms. The summed E-state index contributed by atoms with van der Waals surface area (Å²) in [4.78, 5) is 29.1. The van der Waals surface area contributed by atoms with Gasteiger partial charge in [-0.05, 0) is 61.2 Å². The number of anilines is 1. The Labute approximate surface area is 246 Å². The molecule has 0 saturated heterocycles. The van der Waals surface area contributed by atoms with E-state index in [1.54, 1.807) is 66.7 Å². The van der Waals surface area contributed by atoms with Crippen LogP contribution < -0.4 is 9.62 Å². The molecule has 1 N–H and O–H groups in total. The Morgan fingerprint density at radius 3 is 2.15 bits per heavy atom.